The van der Waals surface area contributed by atoms with Crippen molar-refractivity contribution in [1.82, 2.24) is 9.80 Å². The molecule has 2 N–H and O–H groups in total. The summed E-state index contributed by atoms with van der Waals surface area (Å²) < 4.78 is 45.2. The van der Waals surface area contributed by atoms with Crippen LogP contribution in [0.4, 0.5) is 23.7 Å². The summed E-state index contributed by atoms with van der Waals surface area (Å²) in [7, 11) is 0. The summed E-state index contributed by atoms with van der Waals surface area (Å²) in [6, 6.07) is 17.2. The first-order valence-electron chi connectivity index (χ1n) is 12.8. The molecule has 4 rings (SSSR count). The monoisotopic (exact) mass is 561 g/mol. The minimum atomic E-state index is -4.52. The third-order valence-corrected chi connectivity index (χ3v) is 6.98. The largest absolute Gasteiger partial charge is 0.503 e. The van der Waals surface area contributed by atoms with Crippen LogP contribution in [-0.4, -0.2) is 46.7 Å². The Kier molecular flexibility index (Phi) is 9.24. The molecule has 6 nitrogen and oxygen atoms in total. The third kappa shape index (κ3) is 7.58. The van der Waals surface area contributed by atoms with Gasteiger partial charge < -0.3 is 20.1 Å². The second-order valence-corrected chi connectivity index (χ2v) is 9.89. The summed E-state index contributed by atoms with van der Waals surface area (Å²) in [5, 5.41) is 13.0. The van der Waals surface area contributed by atoms with E-state index >= 15 is 0 Å². The second-order valence-electron chi connectivity index (χ2n) is 9.49. The van der Waals surface area contributed by atoms with E-state index in [1.54, 1.807) is 24.0 Å². The van der Waals surface area contributed by atoms with Gasteiger partial charge in [-0.1, -0.05) is 48.0 Å². The molecule has 0 radical (unpaired) electrons. The zero-order valence-electron chi connectivity index (χ0n) is 21.5. The van der Waals surface area contributed by atoms with Crippen LogP contribution in [0.2, 0.25) is 5.02 Å². The Morgan fingerprint density at radius 2 is 1.79 bits per heavy atom. The molecule has 0 aliphatic carbocycles. The number of likely N-dealkylation sites (tertiary alicyclic amines) is 1. The number of hydrogen-bond donors (Lipinski definition) is 2. The maximum absolute atomic E-state index is 13.5. The number of aromatic hydroxyl groups is 1. The van der Waals surface area contributed by atoms with E-state index in [0.717, 1.165) is 31.8 Å². The van der Waals surface area contributed by atoms with Gasteiger partial charge in [0.2, 0.25) is 0 Å². The molecule has 1 aliphatic rings. The standard InChI is InChI=1S/C29H31ClF3N3O3/c1-2-39-26-16-21(15-25(30)27(26)37)19-36(28(38)34-23-10-6-9-22(17-23)29(31,32)33)24-11-13-35(14-12-24)18-20-7-4-3-5-8-20/h3-10,15-17,24,37H,2,11-14,18-19H2,1H3,(H,34,38). The van der Waals surface area contributed by atoms with Gasteiger partial charge in [0.1, 0.15) is 0 Å². The Balaban J connectivity index is 1.54. The van der Waals surface area contributed by atoms with E-state index in [1.165, 1.54) is 17.7 Å². The molecule has 1 heterocycles. The van der Waals surface area contributed by atoms with E-state index in [9.17, 15) is 23.1 Å². The van der Waals surface area contributed by atoms with Gasteiger partial charge in [-0.3, -0.25) is 4.90 Å². The lowest BCUT2D eigenvalue weighted by Crippen LogP contribution is -2.48. The summed E-state index contributed by atoms with van der Waals surface area (Å²) in [5.74, 6) is 0.0207. The summed E-state index contributed by atoms with van der Waals surface area (Å²) in [5.41, 5.74) is 1.05. The minimum absolute atomic E-state index is 0.0556. The van der Waals surface area contributed by atoms with Gasteiger partial charge in [0.25, 0.3) is 0 Å². The Bertz CT molecular complexity index is 1270. The first kappa shape index (κ1) is 28.6. The van der Waals surface area contributed by atoms with Gasteiger partial charge in [0.05, 0.1) is 17.2 Å². The van der Waals surface area contributed by atoms with Gasteiger partial charge in [-0.25, -0.2) is 4.79 Å². The predicted molar refractivity (Wildman–Crippen MR) is 145 cm³/mol. The molecule has 3 aromatic carbocycles. The maximum atomic E-state index is 13.5. The van der Waals surface area contributed by atoms with E-state index < -0.39 is 17.8 Å². The summed E-state index contributed by atoms with van der Waals surface area (Å²) >= 11 is 6.23. The fourth-order valence-electron chi connectivity index (χ4n) is 4.75. The molecular formula is C29H31ClF3N3O3. The Labute approximate surface area is 230 Å². The molecule has 208 valence electrons. The molecular weight excluding hydrogens is 531 g/mol. The molecule has 39 heavy (non-hydrogen) atoms. The molecule has 10 heteroatoms. The first-order chi connectivity index (χ1) is 18.6. The van der Waals surface area contributed by atoms with Crippen LogP contribution in [0.1, 0.15) is 36.5 Å². The summed E-state index contributed by atoms with van der Waals surface area (Å²) in [6.45, 7) is 4.54. The normalized spacial score (nSPS) is 14.7. The molecule has 2 amide bonds. The van der Waals surface area contributed by atoms with Gasteiger partial charge in [0.15, 0.2) is 11.5 Å². The molecule has 0 unspecified atom stereocenters. The van der Waals surface area contributed by atoms with Crippen LogP contribution in [0, 0.1) is 0 Å². The number of hydrogen-bond acceptors (Lipinski definition) is 4. The number of carbonyl (C=O) groups is 1. The Morgan fingerprint density at radius 1 is 1.08 bits per heavy atom. The van der Waals surface area contributed by atoms with Gasteiger partial charge >= 0.3 is 12.2 Å². The van der Waals surface area contributed by atoms with Crippen molar-refractivity contribution in [2.75, 3.05) is 25.0 Å². The van der Waals surface area contributed by atoms with Gasteiger partial charge in [0, 0.05) is 37.9 Å². The number of ether oxygens (including phenoxy) is 1. The van der Waals surface area contributed by atoms with Crippen molar-refractivity contribution >= 4 is 23.3 Å². The highest BCUT2D eigenvalue weighted by Gasteiger charge is 2.32. The van der Waals surface area contributed by atoms with Crippen LogP contribution in [0.5, 0.6) is 11.5 Å². The molecule has 1 aliphatic heterocycles. The van der Waals surface area contributed by atoms with Crippen LogP contribution in [0.25, 0.3) is 0 Å². The fourth-order valence-corrected chi connectivity index (χ4v) is 4.98. The molecule has 0 atom stereocenters. The second kappa shape index (κ2) is 12.6. The molecule has 0 bridgehead atoms. The summed E-state index contributed by atoms with van der Waals surface area (Å²) in [4.78, 5) is 17.5. The van der Waals surface area contributed by atoms with Gasteiger partial charge in [-0.2, -0.15) is 13.2 Å². The Morgan fingerprint density at radius 3 is 2.46 bits per heavy atom. The molecule has 1 fully saturated rings. The van der Waals surface area contributed by atoms with Gasteiger partial charge in [-0.15, -0.1) is 0 Å². The van der Waals surface area contributed by atoms with E-state index in [4.69, 9.17) is 16.3 Å². The van der Waals surface area contributed by atoms with Crippen LogP contribution in [-0.2, 0) is 19.3 Å². The SMILES string of the molecule is CCOc1cc(CN(C(=O)Nc2cccc(C(F)(F)F)c2)C2CCN(Cc3ccccc3)CC2)cc(Cl)c1O. The van der Waals surface area contributed by atoms with Crippen molar-refractivity contribution in [3.63, 3.8) is 0 Å². The molecule has 0 aromatic heterocycles. The highest BCUT2D eigenvalue weighted by atomic mass is 35.5. The molecule has 1 saturated heterocycles. The van der Waals surface area contributed by atoms with Crippen LogP contribution in [0.15, 0.2) is 66.7 Å². The van der Waals surface area contributed by atoms with Crippen LogP contribution >= 0.6 is 11.6 Å². The lowest BCUT2D eigenvalue weighted by molar-refractivity contribution is -0.137. The molecule has 0 saturated carbocycles. The van der Waals surface area contributed by atoms with E-state index in [2.05, 4.69) is 22.3 Å². The highest BCUT2D eigenvalue weighted by molar-refractivity contribution is 6.32. The number of nitrogens with zero attached hydrogens (tertiary/aromatic N) is 2. The average Bonchev–Trinajstić information content (AvgIpc) is 2.91. The zero-order valence-corrected chi connectivity index (χ0v) is 22.3. The lowest BCUT2D eigenvalue weighted by Gasteiger charge is -2.38. The van der Waals surface area contributed by atoms with Crippen molar-refractivity contribution in [3.8, 4) is 11.5 Å². The number of phenols is 1. The number of amides is 2. The number of benzene rings is 3. The van der Waals surface area contributed by atoms with E-state index in [-0.39, 0.29) is 34.8 Å². The fraction of sp³-hybridized carbons (Fsp3) is 0.345. The highest BCUT2D eigenvalue weighted by Crippen LogP contribution is 2.36. The number of halogens is 4. The number of rotatable bonds is 8. The summed E-state index contributed by atoms with van der Waals surface area (Å²) in [6.07, 6.45) is -3.15. The van der Waals surface area contributed by atoms with E-state index in [1.807, 2.05) is 18.2 Å². The van der Waals surface area contributed by atoms with Crippen molar-refractivity contribution in [3.05, 3.63) is 88.4 Å². The number of carbonyl (C=O) groups excluding carboxylic acids is 1. The third-order valence-electron chi connectivity index (χ3n) is 6.69. The molecule has 3 aromatic rings. The lowest BCUT2D eigenvalue weighted by atomic mass is 10.0. The first-order valence-corrected chi connectivity index (χ1v) is 13.2. The minimum Gasteiger partial charge on any atom is -0.503 e. The average molecular weight is 562 g/mol. The smallest absolute Gasteiger partial charge is 0.416 e. The predicted octanol–water partition coefficient (Wildman–Crippen LogP) is 7.16. The number of phenolic OH excluding ortho intramolecular Hbond substituents is 1. The molecule has 0 spiro atoms. The number of alkyl halides is 3. The van der Waals surface area contributed by atoms with Crippen molar-refractivity contribution in [2.24, 2.45) is 0 Å². The Hall–Kier alpha value is -3.43. The van der Waals surface area contributed by atoms with Crippen molar-refractivity contribution in [1.29, 1.82) is 0 Å². The van der Waals surface area contributed by atoms with Crippen molar-refractivity contribution in [2.45, 2.75) is 45.1 Å². The maximum Gasteiger partial charge on any atom is 0.416 e. The van der Waals surface area contributed by atoms with Crippen molar-refractivity contribution < 1.29 is 27.8 Å². The van der Waals surface area contributed by atoms with Gasteiger partial charge in [-0.05, 0) is 61.2 Å². The quantitative estimate of drug-likeness (QED) is 0.306. The van der Waals surface area contributed by atoms with E-state index in [0.29, 0.717) is 25.0 Å². The number of urea groups is 1. The van der Waals surface area contributed by atoms with Crippen LogP contribution in [0.3, 0.4) is 0 Å². The number of anilines is 1. The number of nitrogens with one attached hydrogen (secondary N) is 1. The zero-order chi connectivity index (χ0) is 28.0. The number of piperidine rings is 1. The van der Waals surface area contributed by atoms with Crippen LogP contribution < -0.4 is 10.1 Å². The topological polar surface area (TPSA) is 65.0 Å².